The van der Waals surface area contributed by atoms with Crippen LogP contribution in [-0.2, 0) is 6.42 Å². The van der Waals surface area contributed by atoms with Gasteiger partial charge in [0.1, 0.15) is 0 Å². The standard InChI is InChI=1S/C8H11N.C7H8N4/c1-2-4-8-5-3-6-9-7-8;1-8-6-4-7-9-2-3-11(7)10-5-6/h3,5-7H,2,4H2,1H3;2-5,8H,1H3. The number of pyridine rings is 1. The van der Waals surface area contributed by atoms with Crippen LogP contribution in [-0.4, -0.2) is 26.6 Å². The second-order valence-corrected chi connectivity index (χ2v) is 4.34. The summed E-state index contributed by atoms with van der Waals surface area (Å²) in [6, 6.07) is 6.02. The Labute approximate surface area is 118 Å². The molecule has 20 heavy (non-hydrogen) atoms. The smallest absolute Gasteiger partial charge is 0.155 e. The van der Waals surface area contributed by atoms with Crippen LogP contribution in [0.2, 0.25) is 0 Å². The van der Waals surface area contributed by atoms with Crippen molar-refractivity contribution >= 4 is 11.3 Å². The average Bonchev–Trinajstić information content (AvgIpc) is 2.96. The molecule has 0 aliphatic carbocycles. The van der Waals surface area contributed by atoms with E-state index in [9.17, 15) is 0 Å². The molecule has 0 saturated heterocycles. The molecule has 5 heteroatoms. The SMILES string of the molecule is CCCc1cccnc1.CNc1cnn2ccnc2c1. The van der Waals surface area contributed by atoms with Gasteiger partial charge in [0.25, 0.3) is 0 Å². The molecule has 3 rings (SSSR count). The lowest BCUT2D eigenvalue weighted by molar-refractivity contribution is 0.914. The maximum atomic E-state index is 4.10. The first kappa shape index (κ1) is 14.0. The molecule has 3 aromatic rings. The van der Waals surface area contributed by atoms with Gasteiger partial charge in [0, 0.05) is 37.9 Å². The van der Waals surface area contributed by atoms with E-state index >= 15 is 0 Å². The van der Waals surface area contributed by atoms with E-state index in [1.165, 1.54) is 12.0 Å². The fourth-order valence-electron chi connectivity index (χ4n) is 1.78. The van der Waals surface area contributed by atoms with Crippen molar-refractivity contribution in [3.05, 3.63) is 54.7 Å². The molecule has 0 atom stereocenters. The lowest BCUT2D eigenvalue weighted by Crippen LogP contribution is -1.93. The molecular formula is C15H19N5. The summed E-state index contributed by atoms with van der Waals surface area (Å²) in [6.07, 6.45) is 11.4. The largest absolute Gasteiger partial charge is 0.387 e. The molecule has 0 amide bonds. The van der Waals surface area contributed by atoms with E-state index in [2.05, 4.69) is 33.4 Å². The number of nitrogens with one attached hydrogen (secondary N) is 1. The molecule has 0 aliphatic rings. The highest BCUT2D eigenvalue weighted by molar-refractivity contribution is 5.51. The predicted octanol–water partition coefficient (Wildman–Crippen LogP) is 2.81. The van der Waals surface area contributed by atoms with Crippen LogP contribution >= 0.6 is 0 Å². The molecule has 0 spiro atoms. The van der Waals surface area contributed by atoms with Crippen LogP contribution < -0.4 is 5.32 Å². The van der Waals surface area contributed by atoms with Gasteiger partial charge in [-0.2, -0.15) is 5.10 Å². The molecule has 0 radical (unpaired) electrons. The van der Waals surface area contributed by atoms with Gasteiger partial charge in [0.05, 0.1) is 11.9 Å². The second-order valence-electron chi connectivity index (χ2n) is 4.34. The fourth-order valence-corrected chi connectivity index (χ4v) is 1.78. The summed E-state index contributed by atoms with van der Waals surface area (Å²) in [5.74, 6) is 0. The number of anilines is 1. The van der Waals surface area contributed by atoms with Gasteiger partial charge in [-0.3, -0.25) is 4.98 Å². The van der Waals surface area contributed by atoms with Crippen molar-refractivity contribution in [2.75, 3.05) is 12.4 Å². The zero-order valence-electron chi connectivity index (χ0n) is 11.8. The van der Waals surface area contributed by atoms with Crippen molar-refractivity contribution in [3.8, 4) is 0 Å². The molecule has 0 aliphatic heterocycles. The van der Waals surface area contributed by atoms with Gasteiger partial charge in [-0.05, 0) is 18.1 Å². The van der Waals surface area contributed by atoms with Gasteiger partial charge in [-0.25, -0.2) is 9.50 Å². The van der Waals surface area contributed by atoms with Crippen LogP contribution in [0.15, 0.2) is 49.2 Å². The highest BCUT2D eigenvalue weighted by atomic mass is 15.2. The number of fused-ring (bicyclic) bond motifs is 1. The minimum absolute atomic E-state index is 0.858. The van der Waals surface area contributed by atoms with Crippen LogP contribution in [0.5, 0.6) is 0 Å². The zero-order valence-corrected chi connectivity index (χ0v) is 11.8. The quantitative estimate of drug-likeness (QED) is 0.794. The minimum atomic E-state index is 0.858. The number of hydrogen-bond acceptors (Lipinski definition) is 4. The summed E-state index contributed by atoms with van der Waals surface area (Å²) in [4.78, 5) is 8.09. The molecule has 1 N–H and O–H groups in total. The maximum Gasteiger partial charge on any atom is 0.155 e. The van der Waals surface area contributed by atoms with E-state index in [-0.39, 0.29) is 0 Å². The van der Waals surface area contributed by atoms with Crippen LogP contribution in [0.1, 0.15) is 18.9 Å². The first-order chi connectivity index (χ1) is 9.83. The minimum Gasteiger partial charge on any atom is -0.387 e. The Morgan fingerprint density at radius 3 is 2.85 bits per heavy atom. The first-order valence-corrected chi connectivity index (χ1v) is 6.69. The van der Waals surface area contributed by atoms with E-state index in [4.69, 9.17) is 0 Å². The van der Waals surface area contributed by atoms with Gasteiger partial charge in [0.15, 0.2) is 5.65 Å². The number of rotatable bonds is 3. The van der Waals surface area contributed by atoms with E-state index in [0.717, 1.165) is 17.8 Å². The lowest BCUT2D eigenvalue weighted by atomic mass is 10.2. The third-order valence-electron chi connectivity index (χ3n) is 2.81. The molecule has 0 saturated carbocycles. The van der Waals surface area contributed by atoms with E-state index in [1.807, 2.05) is 31.6 Å². The van der Waals surface area contributed by atoms with Gasteiger partial charge in [-0.15, -0.1) is 0 Å². The molecule has 0 aromatic carbocycles. The van der Waals surface area contributed by atoms with Crippen LogP contribution in [0.25, 0.3) is 5.65 Å². The third kappa shape index (κ3) is 3.78. The molecule has 3 heterocycles. The Kier molecular flexibility index (Phi) is 5.06. The first-order valence-electron chi connectivity index (χ1n) is 6.69. The second kappa shape index (κ2) is 7.23. The summed E-state index contributed by atoms with van der Waals surface area (Å²) in [7, 11) is 1.86. The summed E-state index contributed by atoms with van der Waals surface area (Å²) in [5, 5.41) is 7.10. The number of aryl methyl sites for hydroxylation is 1. The van der Waals surface area contributed by atoms with Gasteiger partial charge < -0.3 is 5.32 Å². The topological polar surface area (TPSA) is 55.1 Å². The van der Waals surface area contributed by atoms with Gasteiger partial charge in [-0.1, -0.05) is 19.4 Å². The highest BCUT2D eigenvalue weighted by Gasteiger charge is 1.94. The van der Waals surface area contributed by atoms with Crippen molar-refractivity contribution in [1.29, 1.82) is 0 Å². The van der Waals surface area contributed by atoms with Crippen molar-refractivity contribution < 1.29 is 0 Å². The molecule has 3 aromatic heterocycles. The molecule has 5 nitrogen and oxygen atoms in total. The zero-order chi connectivity index (χ0) is 14.2. The molecule has 0 unspecified atom stereocenters. The molecule has 104 valence electrons. The van der Waals surface area contributed by atoms with Crippen LogP contribution in [0, 0.1) is 0 Å². The van der Waals surface area contributed by atoms with E-state index < -0.39 is 0 Å². The molecule has 0 fully saturated rings. The average molecular weight is 269 g/mol. The monoisotopic (exact) mass is 269 g/mol. The lowest BCUT2D eigenvalue weighted by Gasteiger charge is -1.97. The Balaban J connectivity index is 0.000000151. The number of hydrogen-bond donors (Lipinski definition) is 1. The maximum absolute atomic E-state index is 4.10. The van der Waals surface area contributed by atoms with Crippen molar-refractivity contribution in [1.82, 2.24) is 19.6 Å². The van der Waals surface area contributed by atoms with Gasteiger partial charge in [0.2, 0.25) is 0 Å². The summed E-state index contributed by atoms with van der Waals surface area (Å²) < 4.78 is 1.72. The Morgan fingerprint density at radius 1 is 1.25 bits per heavy atom. The Hall–Kier alpha value is -2.43. The van der Waals surface area contributed by atoms with Crippen LogP contribution in [0.4, 0.5) is 5.69 Å². The van der Waals surface area contributed by atoms with E-state index in [0.29, 0.717) is 0 Å². The molecular weight excluding hydrogens is 250 g/mol. The van der Waals surface area contributed by atoms with Crippen molar-refractivity contribution in [2.24, 2.45) is 0 Å². The number of aromatic nitrogens is 4. The fraction of sp³-hybridized carbons (Fsp3) is 0.267. The number of imidazole rings is 1. The summed E-state index contributed by atoms with van der Waals surface area (Å²) >= 11 is 0. The Bertz CT molecular complexity index is 633. The highest BCUT2D eigenvalue weighted by Crippen LogP contribution is 2.06. The summed E-state index contributed by atoms with van der Waals surface area (Å²) in [5.41, 5.74) is 3.17. The molecule has 0 bridgehead atoms. The van der Waals surface area contributed by atoms with Crippen molar-refractivity contribution in [2.45, 2.75) is 19.8 Å². The van der Waals surface area contributed by atoms with E-state index in [1.54, 1.807) is 23.1 Å². The van der Waals surface area contributed by atoms with Crippen molar-refractivity contribution in [3.63, 3.8) is 0 Å². The summed E-state index contributed by atoms with van der Waals surface area (Å²) in [6.45, 7) is 2.17. The Morgan fingerprint density at radius 2 is 2.15 bits per heavy atom. The predicted molar refractivity (Wildman–Crippen MR) is 80.8 cm³/mol. The number of nitrogens with zero attached hydrogens (tertiary/aromatic N) is 4. The van der Waals surface area contributed by atoms with Gasteiger partial charge >= 0.3 is 0 Å². The normalized spacial score (nSPS) is 9.90. The van der Waals surface area contributed by atoms with Crippen LogP contribution in [0.3, 0.4) is 0 Å². The third-order valence-corrected chi connectivity index (χ3v) is 2.81.